The molecule has 0 saturated heterocycles. The van der Waals surface area contributed by atoms with Gasteiger partial charge in [0.05, 0.1) is 18.8 Å². The molecule has 0 fully saturated rings. The van der Waals surface area contributed by atoms with Crippen molar-refractivity contribution in [2.24, 2.45) is 0 Å². The van der Waals surface area contributed by atoms with Gasteiger partial charge in [-0.15, -0.1) is 0 Å². The summed E-state index contributed by atoms with van der Waals surface area (Å²) in [5.41, 5.74) is 0. The molecule has 0 aliphatic carbocycles. The number of rotatable bonds is 27. The van der Waals surface area contributed by atoms with Crippen LogP contribution in [0.25, 0.3) is 0 Å². The highest BCUT2D eigenvalue weighted by Crippen LogP contribution is 2.13. The highest BCUT2D eigenvalue weighted by molar-refractivity contribution is 5.76. The van der Waals surface area contributed by atoms with E-state index in [0.717, 1.165) is 57.8 Å². The van der Waals surface area contributed by atoms with E-state index in [9.17, 15) is 15.0 Å². The van der Waals surface area contributed by atoms with E-state index in [2.05, 4.69) is 79.9 Å². The van der Waals surface area contributed by atoms with Gasteiger partial charge in [-0.25, -0.2) is 0 Å². The van der Waals surface area contributed by atoms with Crippen LogP contribution in [-0.4, -0.2) is 34.9 Å². The zero-order valence-corrected chi connectivity index (χ0v) is 25.4. The Morgan fingerprint density at radius 1 is 0.641 bits per heavy atom. The van der Waals surface area contributed by atoms with Crippen LogP contribution >= 0.6 is 0 Å². The molecule has 0 bridgehead atoms. The molecule has 0 radical (unpaired) electrons. The number of amides is 1. The second kappa shape index (κ2) is 30.6. The summed E-state index contributed by atoms with van der Waals surface area (Å²) in [6.07, 6.45) is 41.2. The Morgan fingerprint density at radius 3 is 1.59 bits per heavy atom. The predicted octanol–water partition coefficient (Wildman–Crippen LogP) is 9.06. The number of nitrogens with one attached hydrogen (secondary N) is 1. The fourth-order valence-electron chi connectivity index (χ4n) is 4.33. The summed E-state index contributed by atoms with van der Waals surface area (Å²) in [7, 11) is 0. The van der Waals surface area contributed by atoms with E-state index in [-0.39, 0.29) is 12.5 Å². The van der Waals surface area contributed by atoms with E-state index in [0.29, 0.717) is 12.8 Å². The maximum Gasteiger partial charge on any atom is 0.220 e. The molecule has 0 heterocycles. The molecule has 0 spiro atoms. The Labute approximate surface area is 241 Å². The van der Waals surface area contributed by atoms with Crippen LogP contribution in [0.2, 0.25) is 0 Å². The third kappa shape index (κ3) is 27.4. The Balaban J connectivity index is 3.77. The molecule has 0 aliphatic rings. The van der Waals surface area contributed by atoms with Gasteiger partial charge in [0.25, 0.3) is 0 Å². The minimum Gasteiger partial charge on any atom is -0.394 e. The zero-order valence-electron chi connectivity index (χ0n) is 25.4. The van der Waals surface area contributed by atoms with Gasteiger partial charge < -0.3 is 15.5 Å². The number of carbonyl (C=O) groups is 1. The minimum absolute atomic E-state index is 0.0940. The molecule has 39 heavy (non-hydrogen) atoms. The Bertz CT molecular complexity index is 677. The standard InChI is InChI=1S/C35H61NO3/c1-3-5-7-9-11-13-15-16-17-18-19-20-21-23-25-27-29-31-35(39)36-33(32-37)34(38)30-28-26-24-22-14-12-10-8-6-4-2/h5,7,11,13,16-17,19-20,23,25,33-34,37-38H,3-4,6,8-10,12,14-15,18,21-22,24,26-32H2,1-2H3,(H,36,39)/b7-5-,13-11-,17-16-,20-19-,25-23-. The highest BCUT2D eigenvalue weighted by atomic mass is 16.3. The molecule has 4 nitrogen and oxygen atoms in total. The Morgan fingerprint density at radius 2 is 1.10 bits per heavy atom. The average molecular weight is 544 g/mol. The number of carbonyl (C=O) groups excluding carboxylic acids is 1. The molecule has 2 atom stereocenters. The molecule has 0 aromatic rings. The molecule has 0 rings (SSSR count). The van der Waals surface area contributed by atoms with Gasteiger partial charge in [0, 0.05) is 6.42 Å². The normalized spacial score (nSPS) is 14.1. The first-order valence-electron chi connectivity index (χ1n) is 16.0. The molecular formula is C35H61NO3. The first-order chi connectivity index (χ1) is 19.2. The minimum atomic E-state index is -0.682. The highest BCUT2D eigenvalue weighted by Gasteiger charge is 2.19. The predicted molar refractivity (Wildman–Crippen MR) is 170 cm³/mol. The van der Waals surface area contributed by atoms with Gasteiger partial charge in [0.15, 0.2) is 0 Å². The second-order valence-electron chi connectivity index (χ2n) is 10.5. The molecule has 224 valence electrons. The lowest BCUT2D eigenvalue weighted by atomic mass is 10.0. The number of hydrogen-bond donors (Lipinski definition) is 3. The third-order valence-electron chi connectivity index (χ3n) is 6.79. The van der Waals surface area contributed by atoms with E-state index in [4.69, 9.17) is 0 Å². The summed E-state index contributed by atoms with van der Waals surface area (Å²) in [4.78, 5) is 12.2. The van der Waals surface area contributed by atoms with Crippen molar-refractivity contribution in [3.05, 3.63) is 60.8 Å². The second-order valence-corrected chi connectivity index (χ2v) is 10.5. The van der Waals surface area contributed by atoms with Crippen LogP contribution in [0.5, 0.6) is 0 Å². The van der Waals surface area contributed by atoms with Crippen molar-refractivity contribution in [2.45, 2.75) is 148 Å². The fourth-order valence-corrected chi connectivity index (χ4v) is 4.33. The SMILES string of the molecule is CC/C=C\C/C=C\C/C=C\C/C=C\C/C=C\CCCC(=O)NC(CO)C(O)CCCCCCCCCCCC. The topological polar surface area (TPSA) is 69.6 Å². The average Bonchev–Trinajstić information content (AvgIpc) is 2.94. The van der Waals surface area contributed by atoms with Crippen molar-refractivity contribution in [1.82, 2.24) is 5.32 Å². The summed E-state index contributed by atoms with van der Waals surface area (Å²) in [6.45, 7) is 4.17. The lowest BCUT2D eigenvalue weighted by molar-refractivity contribution is -0.123. The first kappa shape index (κ1) is 37.1. The van der Waals surface area contributed by atoms with Crippen molar-refractivity contribution in [3.8, 4) is 0 Å². The van der Waals surface area contributed by atoms with Crippen molar-refractivity contribution in [3.63, 3.8) is 0 Å². The molecule has 0 aliphatic heterocycles. The number of aliphatic hydroxyl groups excluding tert-OH is 2. The molecule has 3 N–H and O–H groups in total. The van der Waals surface area contributed by atoms with Crippen LogP contribution in [0.3, 0.4) is 0 Å². The number of allylic oxidation sites excluding steroid dienone is 10. The summed E-state index contributed by atoms with van der Waals surface area (Å²) < 4.78 is 0. The Hall–Kier alpha value is -1.91. The lowest BCUT2D eigenvalue weighted by Crippen LogP contribution is -2.45. The molecule has 0 aromatic heterocycles. The molecular weight excluding hydrogens is 482 g/mol. The van der Waals surface area contributed by atoms with Crippen LogP contribution < -0.4 is 5.32 Å². The molecule has 0 saturated carbocycles. The summed E-state index contributed by atoms with van der Waals surface area (Å²) in [5.74, 6) is -0.0940. The van der Waals surface area contributed by atoms with Gasteiger partial charge in [-0.3, -0.25) is 4.79 Å². The van der Waals surface area contributed by atoms with Crippen LogP contribution in [0.4, 0.5) is 0 Å². The van der Waals surface area contributed by atoms with Gasteiger partial charge in [0.2, 0.25) is 5.91 Å². The van der Waals surface area contributed by atoms with Crippen molar-refractivity contribution < 1.29 is 15.0 Å². The molecule has 1 amide bonds. The Kier molecular flexibility index (Phi) is 29.1. The summed E-state index contributed by atoms with van der Waals surface area (Å²) >= 11 is 0. The van der Waals surface area contributed by atoms with Crippen molar-refractivity contribution >= 4 is 5.91 Å². The molecule has 2 unspecified atom stereocenters. The van der Waals surface area contributed by atoms with E-state index in [1.54, 1.807) is 0 Å². The van der Waals surface area contributed by atoms with Crippen molar-refractivity contribution in [2.75, 3.05) is 6.61 Å². The van der Waals surface area contributed by atoms with E-state index in [1.165, 1.54) is 51.4 Å². The van der Waals surface area contributed by atoms with Gasteiger partial charge in [-0.05, 0) is 51.4 Å². The number of hydrogen-bond acceptors (Lipinski definition) is 3. The summed E-state index contributed by atoms with van der Waals surface area (Å²) in [6, 6.07) is -0.565. The van der Waals surface area contributed by atoms with E-state index < -0.39 is 12.1 Å². The van der Waals surface area contributed by atoms with Crippen molar-refractivity contribution in [1.29, 1.82) is 0 Å². The first-order valence-corrected chi connectivity index (χ1v) is 16.0. The number of aliphatic hydroxyl groups is 2. The monoisotopic (exact) mass is 543 g/mol. The van der Waals surface area contributed by atoms with E-state index >= 15 is 0 Å². The van der Waals surface area contributed by atoms with Crippen LogP contribution in [0.1, 0.15) is 136 Å². The largest absolute Gasteiger partial charge is 0.394 e. The maximum atomic E-state index is 12.2. The van der Waals surface area contributed by atoms with Gasteiger partial charge in [-0.2, -0.15) is 0 Å². The maximum absolute atomic E-state index is 12.2. The van der Waals surface area contributed by atoms with E-state index in [1.807, 2.05) is 0 Å². The lowest BCUT2D eigenvalue weighted by Gasteiger charge is -2.22. The molecule has 0 aromatic carbocycles. The fraction of sp³-hybridized carbons (Fsp3) is 0.686. The van der Waals surface area contributed by atoms with Gasteiger partial charge in [-0.1, -0.05) is 139 Å². The smallest absolute Gasteiger partial charge is 0.220 e. The summed E-state index contributed by atoms with van der Waals surface area (Å²) in [5, 5.41) is 22.8. The quantitative estimate of drug-likeness (QED) is 0.0715. The van der Waals surface area contributed by atoms with Crippen LogP contribution in [0, 0.1) is 0 Å². The molecule has 4 heteroatoms. The van der Waals surface area contributed by atoms with Gasteiger partial charge >= 0.3 is 0 Å². The third-order valence-corrected chi connectivity index (χ3v) is 6.79. The number of unbranched alkanes of at least 4 members (excludes halogenated alkanes) is 10. The van der Waals surface area contributed by atoms with Gasteiger partial charge in [0.1, 0.15) is 0 Å². The van der Waals surface area contributed by atoms with Crippen LogP contribution in [0.15, 0.2) is 60.8 Å². The van der Waals surface area contributed by atoms with Crippen LogP contribution in [-0.2, 0) is 4.79 Å². The zero-order chi connectivity index (χ0) is 28.7.